The van der Waals surface area contributed by atoms with Gasteiger partial charge in [-0.3, -0.25) is 5.32 Å². The summed E-state index contributed by atoms with van der Waals surface area (Å²) in [5, 5.41) is 5.34. The van der Waals surface area contributed by atoms with Crippen LogP contribution in [0.2, 0.25) is 0 Å². The molecule has 1 aromatic carbocycles. The van der Waals surface area contributed by atoms with Crippen molar-refractivity contribution in [3.05, 3.63) is 52.3 Å². The molecule has 2 rings (SSSR count). The molecule has 0 saturated heterocycles. The van der Waals surface area contributed by atoms with Gasteiger partial charge in [-0.1, -0.05) is 29.8 Å². The lowest BCUT2D eigenvalue weighted by molar-refractivity contribution is 0.252. The molecule has 0 aliphatic heterocycles. The Labute approximate surface area is 126 Å². The van der Waals surface area contributed by atoms with Crippen molar-refractivity contribution in [2.45, 2.75) is 13.3 Å². The number of carbonyl (C=O) groups excluding carboxylic acids is 1. The minimum atomic E-state index is -0.306. The van der Waals surface area contributed by atoms with Crippen molar-refractivity contribution >= 4 is 27.9 Å². The summed E-state index contributed by atoms with van der Waals surface area (Å²) in [5.74, 6) is 0.279. The van der Waals surface area contributed by atoms with Gasteiger partial charge in [-0.15, -0.1) is 0 Å². The lowest BCUT2D eigenvalue weighted by Gasteiger charge is -2.06. The quantitative estimate of drug-likeness (QED) is 0.903. The van der Waals surface area contributed by atoms with Gasteiger partial charge < -0.3 is 5.32 Å². The number of urea groups is 1. The number of anilines is 1. The maximum Gasteiger partial charge on any atom is 0.321 e. The van der Waals surface area contributed by atoms with Gasteiger partial charge in [0.05, 0.1) is 4.47 Å². The highest BCUT2D eigenvalue weighted by molar-refractivity contribution is 9.10. The van der Waals surface area contributed by atoms with E-state index in [1.165, 1.54) is 11.1 Å². The lowest BCUT2D eigenvalue weighted by atomic mass is 10.1. The molecular weight excluding hydrogens is 320 g/mol. The second-order valence-electron chi connectivity index (χ2n) is 4.34. The van der Waals surface area contributed by atoms with Crippen LogP contribution in [-0.2, 0) is 6.42 Å². The van der Waals surface area contributed by atoms with E-state index < -0.39 is 0 Å². The fourth-order valence-electron chi connectivity index (χ4n) is 1.60. The zero-order valence-electron chi connectivity index (χ0n) is 11.1. The normalized spacial score (nSPS) is 10.1. The van der Waals surface area contributed by atoms with Crippen molar-refractivity contribution in [2.24, 2.45) is 0 Å². The summed E-state index contributed by atoms with van der Waals surface area (Å²) in [6.45, 7) is 2.61. The molecule has 0 aliphatic carbocycles. The molecule has 0 unspecified atom stereocenters. The van der Waals surface area contributed by atoms with E-state index in [2.05, 4.69) is 60.8 Å². The van der Waals surface area contributed by atoms with Gasteiger partial charge in [-0.2, -0.15) is 0 Å². The first-order chi connectivity index (χ1) is 9.63. The van der Waals surface area contributed by atoms with Crippen LogP contribution >= 0.6 is 15.9 Å². The molecular formula is C14H15BrN4O. The number of nitrogens with one attached hydrogen (secondary N) is 2. The summed E-state index contributed by atoms with van der Waals surface area (Å²) < 4.78 is 0.767. The first-order valence-electron chi connectivity index (χ1n) is 6.21. The van der Waals surface area contributed by atoms with Crippen LogP contribution in [0.1, 0.15) is 11.1 Å². The van der Waals surface area contributed by atoms with E-state index in [9.17, 15) is 4.79 Å². The SMILES string of the molecule is Cc1ccc(CCNC(=O)Nc2ncc(Br)cn2)cc1. The topological polar surface area (TPSA) is 66.9 Å². The predicted octanol–water partition coefficient (Wildman–Crippen LogP) is 2.91. The van der Waals surface area contributed by atoms with E-state index in [4.69, 9.17) is 0 Å². The van der Waals surface area contributed by atoms with Crippen LogP contribution in [0.25, 0.3) is 0 Å². The number of nitrogens with zero attached hydrogens (tertiary/aromatic N) is 2. The Morgan fingerprint density at radius 1 is 1.20 bits per heavy atom. The summed E-state index contributed by atoms with van der Waals surface area (Å²) in [4.78, 5) is 19.6. The summed E-state index contributed by atoms with van der Waals surface area (Å²) in [5.41, 5.74) is 2.42. The van der Waals surface area contributed by atoms with Crippen molar-refractivity contribution in [3.8, 4) is 0 Å². The maximum absolute atomic E-state index is 11.6. The molecule has 6 heteroatoms. The molecule has 2 amide bonds. The molecule has 104 valence electrons. The summed E-state index contributed by atoms with van der Waals surface area (Å²) in [7, 11) is 0. The van der Waals surface area contributed by atoms with Gasteiger partial charge in [0.2, 0.25) is 5.95 Å². The minimum absolute atomic E-state index is 0.279. The van der Waals surface area contributed by atoms with Crippen molar-refractivity contribution in [1.82, 2.24) is 15.3 Å². The minimum Gasteiger partial charge on any atom is -0.337 e. The van der Waals surface area contributed by atoms with Crippen LogP contribution in [0.5, 0.6) is 0 Å². The number of carbonyl (C=O) groups is 1. The summed E-state index contributed by atoms with van der Waals surface area (Å²) in [6.07, 6.45) is 3.94. The van der Waals surface area contributed by atoms with Gasteiger partial charge in [0.1, 0.15) is 0 Å². The molecule has 0 spiro atoms. The maximum atomic E-state index is 11.6. The molecule has 0 atom stereocenters. The highest BCUT2D eigenvalue weighted by Gasteiger charge is 2.03. The van der Waals surface area contributed by atoms with Crippen LogP contribution in [0.15, 0.2) is 41.1 Å². The van der Waals surface area contributed by atoms with E-state index in [0.29, 0.717) is 6.54 Å². The van der Waals surface area contributed by atoms with Crippen molar-refractivity contribution in [2.75, 3.05) is 11.9 Å². The van der Waals surface area contributed by atoms with Crippen molar-refractivity contribution in [1.29, 1.82) is 0 Å². The molecule has 5 nitrogen and oxygen atoms in total. The zero-order chi connectivity index (χ0) is 14.4. The van der Waals surface area contributed by atoms with Gasteiger partial charge in [-0.25, -0.2) is 14.8 Å². The molecule has 0 fully saturated rings. The van der Waals surface area contributed by atoms with Crippen LogP contribution in [0.3, 0.4) is 0 Å². The molecule has 1 heterocycles. The number of amides is 2. The van der Waals surface area contributed by atoms with Crippen LogP contribution in [-0.4, -0.2) is 22.5 Å². The Bertz CT molecular complexity index is 569. The fraction of sp³-hybridized carbons (Fsp3) is 0.214. The van der Waals surface area contributed by atoms with Crippen LogP contribution < -0.4 is 10.6 Å². The van der Waals surface area contributed by atoms with E-state index in [-0.39, 0.29) is 12.0 Å². The third-order valence-corrected chi connectivity index (χ3v) is 3.08. The number of halogens is 1. The highest BCUT2D eigenvalue weighted by Crippen LogP contribution is 2.06. The lowest BCUT2D eigenvalue weighted by Crippen LogP contribution is -2.31. The molecule has 0 radical (unpaired) electrons. The summed E-state index contributed by atoms with van der Waals surface area (Å²) >= 11 is 3.23. The van der Waals surface area contributed by atoms with E-state index in [1.807, 2.05) is 6.92 Å². The van der Waals surface area contributed by atoms with Gasteiger partial charge in [-0.05, 0) is 34.8 Å². The molecule has 0 saturated carbocycles. The molecule has 2 N–H and O–H groups in total. The Hall–Kier alpha value is -1.95. The number of aromatic nitrogens is 2. The molecule has 20 heavy (non-hydrogen) atoms. The van der Waals surface area contributed by atoms with Gasteiger partial charge in [0.25, 0.3) is 0 Å². The van der Waals surface area contributed by atoms with Gasteiger partial charge in [0, 0.05) is 18.9 Å². The standard InChI is InChI=1S/C14H15BrN4O/c1-10-2-4-11(5-3-10)6-7-16-14(20)19-13-17-8-12(15)9-18-13/h2-5,8-9H,6-7H2,1H3,(H2,16,17,18,19,20). The smallest absolute Gasteiger partial charge is 0.321 e. The first-order valence-corrected chi connectivity index (χ1v) is 7.01. The average Bonchev–Trinajstić information content (AvgIpc) is 2.44. The number of rotatable bonds is 4. The zero-order valence-corrected chi connectivity index (χ0v) is 12.6. The molecule has 0 aliphatic rings. The monoisotopic (exact) mass is 334 g/mol. The van der Waals surface area contributed by atoms with E-state index in [0.717, 1.165) is 10.9 Å². The second-order valence-corrected chi connectivity index (χ2v) is 5.26. The van der Waals surface area contributed by atoms with Crippen LogP contribution in [0, 0.1) is 6.92 Å². The Morgan fingerprint density at radius 3 is 2.50 bits per heavy atom. The number of hydrogen-bond acceptors (Lipinski definition) is 3. The second kappa shape index (κ2) is 7.00. The highest BCUT2D eigenvalue weighted by atomic mass is 79.9. The fourth-order valence-corrected chi connectivity index (χ4v) is 1.80. The van der Waals surface area contributed by atoms with Crippen molar-refractivity contribution in [3.63, 3.8) is 0 Å². The molecule has 1 aromatic heterocycles. The van der Waals surface area contributed by atoms with Gasteiger partial charge >= 0.3 is 6.03 Å². The number of benzene rings is 1. The predicted molar refractivity (Wildman–Crippen MR) is 81.6 cm³/mol. The van der Waals surface area contributed by atoms with E-state index in [1.54, 1.807) is 12.4 Å². The van der Waals surface area contributed by atoms with E-state index >= 15 is 0 Å². The Balaban J connectivity index is 1.75. The first kappa shape index (κ1) is 14.5. The van der Waals surface area contributed by atoms with Crippen molar-refractivity contribution < 1.29 is 4.79 Å². The average molecular weight is 335 g/mol. The number of aryl methyl sites for hydroxylation is 1. The molecule has 0 bridgehead atoms. The van der Waals surface area contributed by atoms with Crippen LogP contribution in [0.4, 0.5) is 10.7 Å². The third kappa shape index (κ3) is 4.62. The van der Waals surface area contributed by atoms with Gasteiger partial charge in [0.15, 0.2) is 0 Å². The third-order valence-electron chi connectivity index (χ3n) is 2.67. The number of hydrogen-bond donors (Lipinski definition) is 2. The Kier molecular flexibility index (Phi) is 5.06. The molecule has 2 aromatic rings. The summed E-state index contributed by atoms with van der Waals surface area (Å²) in [6, 6.07) is 7.94. The Morgan fingerprint density at radius 2 is 1.85 bits per heavy atom. The largest absolute Gasteiger partial charge is 0.337 e.